The van der Waals surface area contributed by atoms with Crippen LogP contribution in [0.2, 0.25) is 0 Å². The monoisotopic (exact) mass is 428 g/mol. The molecule has 152 valence electrons. The highest BCUT2D eigenvalue weighted by Gasteiger charge is 2.29. The van der Waals surface area contributed by atoms with E-state index in [0.717, 1.165) is 51.9 Å². The van der Waals surface area contributed by atoms with E-state index in [2.05, 4.69) is 0 Å². The smallest absolute Gasteiger partial charge is 0.323 e. The minimum absolute atomic E-state index is 0.0166. The molecule has 1 unspecified atom stereocenters. The number of aryl methyl sites for hydroxylation is 2. The second-order valence-corrected chi connectivity index (χ2v) is 9.68. The maximum Gasteiger partial charge on any atom is 0.323 e. The second-order valence-electron chi connectivity index (χ2n) is 7.40. The van der Waals surface area contributed by atoms with Crippen LogP contribution in [0.25, 0.3) is 10.2 Å². The summed E-state index contributed by atoms with van der Waals surface area (Å²) in [5, 5.41) is 0.758. The summed E-state index contributed by atoms with van der Waals surface area (Å²) < 4.78 is 6.92. The van der Waals surface area contributed by atoms with Crippen LogP contribution in [0.1, 0.15) is 53.0 Å². The number of thioether (sulfide) groups is 1. The summed E-state index contributed by atoms with van der Waals surface area (Å²) in [5.41, 5.74) is 1.87. The first-order valence-corrected chi connectivity index (χ1v) is 11.5. The van der Waals surface area contributed by atoms with Gasteiger partial charge in [-0.15, -0.1) is 11.3 Å². The number of aromatic nitrogens is 2. The van der Waals surface area contributed by atoms with Crippen molar-refractivity contribution in [1.82, 2.24) is 9.55 Å². The Kier molecular flexibility index (Phi) is 5.79. The lowest BCUT2D eigenvalue weighted by Gasteiger charge is -2.21. The number of rotatable bonds is 5. The number of nitrogens with zero attached hydrogens (tertiary/aromatic N) is 2. The van der Waals surface area contributed by atoms with E-state index in [1.807, 2.05) is 48.7 Å². The number of thiophene rings is 1. The molecule has 1 aliphatic carbocycles. The van der Waals surface area contributed by atoms with Crippen molar-refractivity contribution in [3.8, 4) is 0 Å². The molecule has 0 saturated heterocycles. The minimum Gasteiger partial charge on any atom is -0.468 e. The number of methoxy groups -OCH3 is 1. The fourth-order valence-corrected chi connectivity index (χ4v) is 6.21. The molecule has 0 radical (unpaired) electrons. The lowest BCUT2D eigenvalue weighted by molar-refractivity contribution is -0.140. The van der Waals surface area contributed by atoms with Gasteiger partial charge in [0.25, 0.3) is 5.56 Å². The van der Waals surface area contributed by atoms with Gasteiger partial charge in [0.1, 0.15) is 10.1 Å². The topological polar surface area (TPSA) is 61.2 Å². The van der Waals surface area contributed by atoms with Crippen LogP contribution in [0.3, 0.4) is 0 Å². The molecule has 2 heterocycles. The molecule has 1 saturated carbocycles. The van der Waals surface area contributed by atoms with Crippen molar-refractivity contribution in [2.45, 2.75) is 56.0 Å². The molecule has 29 heavy (non-hydrogen) atoms. The van der Waals surface area contributed by atoms with Gasteiger partial charge in [0.05, 0.1) is 12.5 Å². The Labute approximate surface area is 178 Å². The Bertz CT molecular complexity index is 1100. The molecule has 1 fully saturated rings. The van der Waals surface area contributed by atoms with Crippen LogP contribution in [0.15, 0.2) is 40.3 Å². The molecule has 2 aromatic heterocycles. The van der Waals surface area contributed by atoms with E-state index in [4.69, 9.17) is 9.72 Å². The van der Waals surface area contributed by atoms with E-state index in [1.54, 1.807) is 11.3 Å². The number of hydrogen-bond acceptors (Lipinski definition) is 6. The number of hydrogen-bond donors (Lipinski definition) is 0. The highest BCUT2D eigenvalue weighted by Crippen LogP contribution is 2.40. The maximum atomic E-state index is 13.5. The molecular formula is C22H24N2O3S2. The van der Waals surface area contributed by atoms with Gasteiger partial charge in [-0.25, -0.2) is 4.98 Å². The number of esters is 1. The SMILES string of the molecule is COC(=O)C(Sc1nc2sc(C)c(C)c2c(=O)n1C1CCCC1)c1ccccc1. The zero-order valence-corrected chi connectivity index (χ0v) is 18.4. The summed E-state index contributed by atoms with van der Waals surface area (Å²) in [4.78, 5) is 32.9. The zero-order chi connectivity index (χ0) is 20.5. The summed E-state index contributed by atoms with van der Waals surface area (Å²) in [6, 6.07) is 9.67. The van der Waals surface area contributed by atoms with Crippen molar-refractivity contribution >= 4 is 39.3 Å². The number of carbonyl (C=O) groups is 1. The summed E-state index contributed by atoms with van der Waals surface area (Å²) in [6.45, 7) is 4.01. The van der Waals surface area contributed by atoms with Gasteiger partial charge in [-0.05, 0) is 37.8 Å². The quantitative estimate of drug-likeness (QED) is 0.318. The summed E-state index contributed by atoms with van der Waals surface area (Å²) in [5.74, 6) is -0.341. The predicted molar refractivity (Wildman–Crippen MR) is 118 cm³/mol. The summed E-state index contributed by atoms with van der Waals surface area (Å²) >= 11 is 2.86. The van der Waals surface area contributed by atoms with Gasteiger partial charge in [-0.1, -0.05) is 54.9 Å². The average Bonchev–Trinajstić information content (AvgIpc) is 3.35. The van der Waals surface area contributed by atoms with E-state index < -0.39 is 5.25 Å². The Hall–Kier alpha value is -2.12. The first-order chi connectivity index (χ1) is 14.0. The molecule has 0 spiro atoms. The van der Waals surface area contributed by atoms with Crippen LogP contribution in [-0.2, 0) is 9.53 Å². The van der Waals surface area contributed by atoms with Crippen molar-refractivity contribution < 1.29 is 9.53 Å². The molecule has 7 heteroatoms. The molecule has 0 aliphatic heterocycles. The summed E-state index contributed by atoms with van der Waals surface area (Å²) in [7, 11) is 1.39. The van der Waals surface area contributed by atoms with Crippen molar-refractivity contribution in [2.24, 2.45) is 0 Å². The predicted octanol–water partition coefficient (Wildman–Crippen LogP) is 5.20. The van der Waals surface area contributed by atoms with Crippen LogP contribution in [-0.4, -0.2) is 22.6 Å². The van der Waals surface area contributed by atoms with Gasteiger partial charge in [0.2, 0.25) is 0 Å². The van der Waals surface area contributed by atoms with Crippen molar-refractivity contribution in [2.75, 3.05) is 7.11 Å². The average molecular weight is 429 g/mol. The van der Waals surface area contributed by atoms with Gasteiger partial charge < -0.3 is 4.74 Å². The van der Waals surface area contributed by atoms with Crippen LogP contribution in [0.4, 0.5) is 0 Å². The molecule has 0 N–H and O–H groups in total. The van der Waals surface area contributed by atoms with Gasteiger partial charge in [-0.3, -0.25) is 14.2 Å². The highest BCUT2D eigenvalue weighted by molar-refractivity contribution is 8.00. The van der Waals surface area contributed by atoms with E-state index in [-0.39, 0.29) is 17.6 Å². The zero-order valence-electron chi connectivity index (χ0n) is 16.8. The van der Waals surface area contributed by atoms with Crippen LogP contribution >= 0.6 is 23.1 Å². The number of carbonyl (C=O) groups excluding carboxylic acids is 1. The fraction of sp³-hybridized carbons (Fsp3) is 0.409. The van der Waals surface area contributed by atoms with Gasteiger partial charge in [0.15, 0.2) is 5.16 Å². The minimum atomic E-state index is -0.569. The van der Waals surface area contributed by atoms with Crippen molar-refractivity contribution in [1.29, 1.82) is 0 Å². The number of fused-ring (bicyclic) bond motifs is 1. The van der Waals surface area contributed by atoms with E-state index in [0.29, 0.717) is 5.16 Å². The second kappa shape index (κ2) is 8.32. The molecule has 0 amide bonds. The third-order valence-corrected chi connectivity index (χ3v) is 7.93. The summed E-state index contributed by atoms with van der Waals surface area (Å²) in [6.07, 6.45) is 4.16. The third kappa shape index (κ3) is 3.73. The van der Waals surface area contributed by atoms with Crippen LogP contribution in [0, 0.1) is 13.8 Å². The Morgan fingerprint density at radius 1 is 1.24 bits per heavy atom. The Morgan fingerprint density at radius 3 is 2.59 bits per heavy atom. The molecule has 1 atom stereocenters. The molecule has 4 rings (SSSR count). The Morgan fingerprint density at radius 2 is 1.93 bits per heavy atom. The number of ether oxygens (including phenoxy) is 1. The normalized spacial score (nSPS) is 15.7. The van der Waals surface area contributed by atoms with E-state index in [9.17, 15) is 9.59 Å². The van der Waals surface area contributed by atoms with Crippen molar-refractivity contribution in [3.05, 3.63) is 56.7 Å². The van der Waals surface area contributed by atoms with Crippen molar-refractivity contribution in [3.63, 3.8) is 0 Å². The molecule has 5 nitrogen and oxygen atoms in total. The van der Waals surface area contributed by atoms with E-state index in [1.165, 1.54) is 18.9 Å². The molecular weight excluding hydrogens is 404 g/mol. The van der Waals surface area contributed by atoms with Crippen LogP contribution in [0.5, 0.6) is 0 Å². The van der Waals surface area contributed by atoms with Crippen LogP contribution < -0.4 is 5.56 Å². The largest absolute Gasteiger partial charge is 0.468 e. The number of benzene rings is 1. The standard InChI is InChI=1S/C22H24N2O3S2/c1-13-14(2)28-19-17(13)20(25)24(16-11-7-8-12-16)22(23-19)29-18(21(26)27-3)15-9-5-4-6-10-15/h4-6,9-10,16,18H,7-8,11-12H2,1-3H3. The molecule has 3 aromatic rings. The van der Waals surface area contributed by atoms with Gasteiger partial charge in [-0.2, -0.15) is 0 Å². The molecule has 1 aliphatic rings. The fourth-order valence-electron chi connectivity index (χ4n) is 3.95. The molecule has 1 aromatic carbocycles. The first-order valence-electron chi connectivity index (χ1n) is 9.83. The Balaban J connectivity index is 1.88. The molecule has 0 bridgehead atoms. The third-order valence-electron chi connectivity index (χ3n) is 5.63. The first kappa shape index (κ1) is 20.2. The highest BCUT2D eigenvalue weighted by atomic mass is 32.2. The van der Waals surface area contributed by atoms with Gasteiger partial charge >= 0.3 is 5.97 Å². The lowest BCUT2D eigenvalue weighted by atomic mass is 10.1. The van der Waals surface area contributed by atoms with E-state index >= 15 is 0 Å². The lowest BCUT2D eigenvalue weighted by Crippen LogP contribution is -2.27. The van der Waals surface area contributed by atoms with Gasteiger partial charge in [0, 0.05) is 10.9 Å². The maximum absolute atomic E-state index is 13.5.